The molecule has 0 amide bonds. The molecular formula is C29H25NO3. The summed E-state index contributed by atoms with van der Waals surface area (Å²) in [6.45, 7) is 6.03. The summed E-state index contributed by atoms with van der Waals surface area (Å²) >= 11 is 0. The van der Waals surface area contributed by atoms with E-state index >= 15 is 0 Å². The van der Waals surface area contributed by atoms with Crippen LogP contribution in [0.3, 0.4) is 0 Å². The van der Waals surface area contributed by atoms with Gasteiger partial charge in [0.1, 0.15) is 18.1 Å². The fourth-order valence-electron chi connectivity index (χ4n) is 3.99. The number of nitrogens with zero attached hydrogens (tertiary/aromatic N) is 1. The number of carbonyl (C=O) groups is 1. The average molecular weight is 436 g/mol. The van der Waals surface area contributed by atoms with E-state index in [1.54, 1.807) is 0 Å². The van der Waals surface area contributed by atoms with E-state index in [0.29, 0.717) is 17.9 Å². The number of fused-ring (bicyclic) bond motifs is 1. The second-order valence-electron chi connectivity index (χ2n) is 8.82. The lowest BCUT2D eigenvalue weighted by Crippen LogP contribution is -2.29. The third kappa shape index (κ3) is 4.12. The predicted octanol–water partition coefficient (Wildman–Crippen LogP) is 6.37. The molecule has 4 heteroatoms. The highest BCUT2D eigenvalue weighted by atomic mass is 16.5. The van der Waals surface area contributed by atoms with Gasteiger partial charge < -0.3 is 9.47 Å². The van der Waals surface area contributed by atoms with E-state index in [4.69, 9.17) is 9.47 Å². The molecule has 1 aliphatic heterocycles. The Morgan fingerprint density at radius 2 is 1.55 bits per heavy atom. The number of pyridine rings is 1. The number of benzene rings is 3. The van der Waals surface area contributed by atoms with Crippen LogP contribution in [0, 0.1) is 6.92 Å². The smallest absolute Gasteiger partial charge is 0.210 e. The van der Waals surface area contributed by atoms with Crippen molar-refractivity contribution in [2.75, 3.05) is 0 Å². The van der Waals surface area contributed by atoms with Gasteiger partial charge in [0.2, 0.25) is 5.78 Å². The molecule has 0 saturated heterocycles. The third-order valence-corrected chi connectivity index (χ3v) is 5.86. The van der Waals surface area contributed by atoms with Gasteiger partial charge in [0.15, 0.2) is 5.60 Å². The van der Waals surface area contributed by atoms with Crippen LogP contribution in [0.25, 0.3) is 22.2 Å². The molecule has 0 atom stereocenters. The number of ether oxygens (including phenoxy) is 2. The number of para-hydroxylation sites is 1. The largest absolute Gasteiger partial charge is 0.487 e. The van der Waals surface area contributed by atoms with Crippen LogP contribution in [0.1, 0.15) is 36.2 Å². The van der Waals surface area contributed by atoms with Crippen LogP contribution in [-0.4, -0.2) is 16.4 Å². The van der Waals surface area contributed by atoms with Crippen LogP contribution in [-0.2, 0) is 16.1 Å². The Hall–Kier alpha value is -3.92. The highest BCUT2D eigenvalue weighted by molar-refractivity contribution is 6.32. The molecule has 3 aromatic carbocycles. The number of Topliss-reactive ketones (excluding diaryl/α,β-unsaturated/α-hetero) is 1. The first-order valence-corrected chi connectivity index (χ1v) is 11.0. The van der Waals surface area contributed by atoms with Crippen molar-refractivity contribution in [3.63, 3.8) is 0 Å². The highest BCUT2D eigenvalue weighted by Gasteiger charge is 2.42. The minimum Gasteiger partial charge on any atom is -0.487 e. The van der Waals surface area contributed by atoms with Crippen molar-refractivity contribution in [3.05, 3.63) is 107 Å². The predicted molar refractivity (Wildman–Crippen MR) is 131 cm³/mol. The first-order chi connectivity index (χ1) is 15.9. The van der Waals surface area contributed by atoms with Crippen LogP contribution in [0.4, 0.5) is 0 Å². The summed E-state index contributed by atoms with van der Waals surface area (Å²) < 4.78 is 12.1. The molecule has 33 heavy (non-hydrogen) atoms. The zero-order valence-corrected chi connectivity index (χ0v) is 19.0. The summed E-state index contributed by atoms with van der Waals surface area (Å²) in [5.41, 5.74) is 4.41. The number of hydrogen-bond donors (Lipinski definition) is 0. The lowest BCUT2D eigenvalue weighted by molar-refractivity contribution is -0.125. The molecule has 0 spiro atoms. The lowest BCUT2D eigenvalue weighted by Gasteiger charge is -2.18. The molecule has 4 aromatic rings. The fourth-order valence-corrected chi connectivity index (χ4v) is 3.99. The Bertz CT molecular complexity index is 1370. The summed E-state index contributed by atoms with van der Waals surface area (Å²) in [6, 6.07) is 27.7. The Kier molecular flexibility index (Phi) is 5.21. The quantitative estimate of drug-likeness (QED) is 0.366. The first kappa shape index (κ1) is 21.0. The molecule has 0 aliphatic carbocycles. The molecule has 164 valence electrons. The summed E-state index contributed by atoms with van der Waals surface area (Å²) in [6.07, 6.45) is 0. The van der Waals surface area contributed by atoms with Gasteiger partial charge in [-0.25, -0.2) is 4.98 Å². The second-order valence-corrected chi connectivity index (χ2v) is 8.82. The monoisotopic (exact) mass is 435 g/mol. The molecule has 0 unspecified atom stereocenters. The third-order valence-electron chi connectivity index (χ3n) is 5.86. The van der Waals surface area contributed by atoms with E-state index in [-0.39, 0.29) is 5.78 Å². The van der Waals surface area contributed by atoms with Gasteiger partial charge in [0.05, 0.1) is 16.8 Å². The Morgan fingerprint density at radius 3 is 2.30 bits per heavy atom. The van der Waals surface area contributed by atoms with E-state index in [9.17, 15) is 4.79 Å². The van der Waals surface area contributed by atoms with Gasteiger partial charge in [0.25, 0.3) is 0 Å². The lowest BCUT2D eigenvalue weighted by atomic mass is 9.92. The molecule has 0 bridgehead atoms. The van der Waals surface area contributed by atoms with E-state index in [0.717, 1.165) is 39.0 Å². The number of hydrogen-bond acceptors (Lipinski definition) is 4. The molecular weight excluding hydrogens is 410 g/mol. The van der Waals surface area contributed by atoms with Gasteiger partial charge in [-0.1, -0.05) is 54.1 Å². The summed E-state index contributed by atoms with van der Waals surface area (Å²) in [7, 11) is 0. The Morgan fingerprint density at radius 1 is 0.848 bits per heavy atom. The maximum atomic E-state index is 13.1. The van der Waals surface area contributed by atoms with Crippen LogP contribution >= 0.6 is 0 Å². The fraction of sp³-hybridized carbons (Fsp3) is 0.172. The van der Waals surface area contributed by atoms with Crippen molar-refractivity contribution in [2.24, 2.45) is 0 Å². The van der Waals surface area contributed by atoms with Crippen LogP contribution in [0.5, 0.6) is 5.75 Å². The number of carbonyl (C=O) groups excluding carboxylic acids is 1. The standard InChI is InChI=1S/C29H25NO3/c1-19-8-10-21(11-9-19)26-27(33-29(2,3)28(26)31)22-13-16-24(17-14-22)32-18-23-15-12-20-6-4-5-7-25(20)30-23/h4-17H,18H2,1-3H3. The van der Waals surface area contributed by atoms with E-state index in [1.807, 2.05) is 99.6 Å². The van der Waals surface area contributed by atoms with Crippen molar-refractivity contribution in [3.8, 4) is 5.75 Å². The van der Waals surface area contributed by atoms with Gasteiger partial charge in [-0.2, -0.15) is 0 Å². The minimum atomic E-state index is -0.896. The molecule has 0 radical (unpaired) electrons. The minimum absolute atomic E-state index is 0.0101. The number of rotatable bonds is 5. The Labute approximate surface area is 193 Å². The van der Waals surface area contributed by atoms with Crippen LogP contribution in [0.15, 0.2) is 84.9 Å². The van der Waals surface area contributed by atoms with Crippen LogP contribution in [0.2, 0.25) is 0 Å². The second kappa shape index (κ2) is 8.21. The van der Waals surface area contributed by atoms with Gasteiger partial charge >= 0.3 is 0 Å². The van der Waals surface area contributed by atoms with Gasteiger partial charge in [-0.3, -0.25) is 4.79 Å². The average Bonchev–Trinajstić information content (AvgIpc) is 3.07. The number of aromatic nitrogens is 1. The number of aryl methyl sites for hydroxylation is 1. The molecule has 0 fully saturated rings. The van der Waals surface area contributed by atoms with Crippen molar-refractivity contribution < 1.29 is 14.3 Å². The van der Waals surface area contributed by atoms with Crippen LogP contribution < -0.4 is 4.74 Å². The molecule has 4 nitrogen and oxygen atoms in total. The molecule has 0 saturated carbocycles. The summed E-state index contributed by atoms with van der Waals surface area (Å²) in [4.78, 5) is 17.8. The molecule has 0 N–H and O–H groups in total. The van der Waals surface area contributed by atoms with E-state index in [2.05, 4.69) is 11.1 Å². The summed E-state index contributed by atoms with van der Waals surface area (Å²) in [5, 5.41) is 1.11. The first-order valence-electron chi connectivity index (χ1n) is 11.0. The molecule has 2 heterocycles. The van der Waals surface area contributed by atoms with Crippen molar-refractivity contribution in [2.45, 2.75) is 33.0 Å². The van der Waals surface area contributed by atoms with Crippen molar-refractivity contribution in [1.82, 2.24) is 4.98 Å². The van der Waals surface area contributed by atoms with Crippen molar-refractivity contribution in [1.29, 1.82) is 0 Å². The highest BCUT2D eigenvalue weighted by Crippen LogP contribution is 2.41. The van der Waals surface area contributed by atoms with Gasteiger partial charge in [-0.15, -0.1) is 0 Å². The maximum absolute atomic E-state index is 13.1. The van der Waals surface area contributed by atoms with Crippen molar-refractivity contribution >= 4 is 28.0 Å². The zero-order chi connectivity index (χ0) is 23.0. The van der Waals surface area contributed by atoms with E-state index < -0.39 is 5.60 Å². The molecule has 5 rings (SSSR count). The molecule has 1 aliphatic rings. The van der Waals surface area contributed by atoms with Gasteiger partial charge in [0, 0.05) is 10.9 Å². The van der Waals surface area contributed by atoms with E-state index in [1.165, 1.54) is 0 Å². The SMILES string of the molecule is Cc1ccc(C2=C(c3ccc(OCc4ccc5ccccc5n4)cc3)OC(C)(C)C2=O)cc1. The van der Waals surface area contributed by atoms with Gasteiger partial charge in [-0.05, 0) is 62.7 Å². The normalized spacial score (nSPS) is 15.1. The molecule has 1 aromatic heterocycles. The zero-order valence-electron chi connectivity index (χ0n) is 19.0. The summed E-state index contributed by atoms with van der Waals surface area (Å²) in [5.74, 6) is 1.33. The number of ketones is 1. The maximum Gasteiger partial charge on any atom is 0.210 e. The topological polar surface area (TPSA) is 48.4 Å². The Balaban J connectivity index is 1.39.